The topological polar surface area (TPSA) is 58.0 Å². The summed E-state index contributed by atoms with van der Waals surface area (Å²) >= 11 is 3.20. The minimum Gasteiger partial charge on any atom is -0.387 e. The number of aryl methyl sites for hydroxylation is 1. The Bertz CT molecular complexity index is 694. The molecule has 3 aromatic rings. The minimum atomic E-state index is -0.519. The van der Waals surface area contributed by atoms with Crippen molar-refractivity contribution < 1.29 is 5.11 Å². The Labute approximate surface area is 125 Å². The molecule has 0 amide bonds. The maximum absolute atomic E-state index is 10.1. The number of rotatable bonds is 5. The van der Waals surface area contributed by atoms with Gasteiger partial charge < -0.3 is 10.4 Å². The molecule has 0 aromatic carbocycles. The molecule has 0 radical (unpaired) electrons. The third-order valence-electron chi connectivity index (χ3n) is 3.08. The van der Waals surface area contributed by atoms with Gasteiger partial charge in [-0.05, 0) is 33.8 Å². The van der Waals surface area contributed by atoms with Crippen LogP contribution in [0.4, 0.5) is 5.82 Å². The third kappa shape index (κ3) is 2.67. The number of nitrogens with zero attached hydrogens (tertiary/aromatic N) is 2. The van der Waals surface area contributed by atoms with Crippen LogP contribution in [0.3, 0.4) is 0 Å². The Morgan fingerprint density at radius 2 is 2.20 bits per heavy atom. The lowest BCUT2D eigenvalue weighted by Gasteiger charge is -2.12. The Kier molecular flexibility index (Phi) is 3.95. The molecule has 0 aliphatic rings. The zero-order chi connectivity index (χ0) is 13.9. The molecule has 0 spiro atoms. The highest BCUT2D eigenvalue weighted by atomic mass is 32.1. The molecule has 0 aliphatic carbocycles. The van der Waals surface area contributed by atoms with Gasteiger partial charge in [-0.25, -0.2) is 9.97 Å². The summed E-state index contributed by atoms with van der Waals surface area (Å²) in [5.41, 5.74) is 0.939. The zero-order valence-electron chi connectivity index (χ0n) is 11.0. The standard InChI is InChI=1S/C14H15N3OS2/c1-2-12-16-13(10-4-6-20-14(10)17-12)15-7-11(18)9-3-5-19-8-9/h3-6,8,11,18H,2,7H2,1H3,(H,15,16,17). The van der Waals surface area contributed by atoms with Gasteiger partial charge in [-0.2, -0.15) is 11.3 Å². The molecule has 0 saturated carbocycles. The van der Waals surface area contributed by atoms with E-state index in [9.17, 15) is 5.11 Å². The van der Waals surface area contributed by atoms with Crippen LogP contribution in [0.1, 0.15) is 24.4 Å². The van der Waals surface area contributed by atoms with Crippen molar-refractivity contribution in [2.24, 2.45) is 0 Å². The summed E-state index contributed by atoms with van der Waals surface area (Å²) in [5, 5.41) is 20.3. The second-order valence-corrected chi connectivity index (χ2v) is 6.11. The van der Waals surface area contributed by atoms with E-state index in [0.717, 1.165) is 33.8 Å². The Morgan fingerprint density at radius 3 is 2.95 bits per heavy atom. The van der Waals surface area contributed by atoms with Crippen molar-refractivity contribution >= 4 is 38.7 Å². The first kappa shape index (κ1) is 13.5. The van der Waals surface area contributed by atoms with Crippen molar-refractivity contribution in [1.82, 2.24) is 9.97 Å². The lowest BCUT2D eigenvalue weighted by molar-refractivity contribution is 0.192. The molecule has 0 bridgehead atoms. The molecule has 104 valence electrons. The fraction of sp³-hybridized carbons (Fsp3) is 0.286. The van der Waals surface area contributed by atoms with Gasteiger partial charge >= 0.3 is 0 Å². The molecule has 2 N–H and O–H groups in total. The molecule has 0 fully saturated rings. The van der Waals surface area contributed by atoms with Gasteiger partial charge in [0.05, 0.1) is 11.5 Å². The fourth-order valence-electron chi connectivity index (χ4n) is 1.97. The average Bonchev–Trinajstić information content (AvgIpc) is 3.14. The second kappa shape index (κ2) is 5.87. The SMILES string of the molecule is CCc1nc(NCC(O)c2ccsc2)c2ccsc2n1. The first-order valence-electron chi connectivity index (χ1n) is 6.46. The number of nitrogens with one attached hydrogen (secondary N) is 1. The summed E-state index contributed by atoms with van der Waals surface area (Å²) in [4.78, 5) is 10.0. The van der Waals surface area contributed by atoms with Gasteiger partial charge in [-0.15, -0.1) is 11.3 Å². The number of fused-ring (bicyclic) bond motifs is 1. The monoisotopic (exact) mass is 305 g/mol. The van der Waals surface area contributed by atoms with Crippen LogP contribution in [0, 0.1) is 0 Å². The average molecular weight is 305 g/mol. The summed E-state index contributed by atoms with van der Waals surface area (Å²) in [7, 11) is 0. The lowest BCUT2D eigenvalue weighted by Crippen LogP contribution is -2.13. The normalized spacial score (nSPS) is 12.7. The molecule has 1 unspecified atom stereocenters. The Morgan fingerprint density at radius 1 is 1.30 bits per heavy atom. The predicted octanol–water partition coefficient (Wildman–Crippen LogP) is 3.46. The molecular formula is C14H15N3OS2. The van der Waals surface area contributed by atoms with E-state index in [2.05, 4.69) is 15.3 Å². The molecule has 3 heterocycles. The summed E-state index contributed by atoms with van der Waals surface area (Å²) in [6.45, 7) is 2.49. The van der Waals surface area contributed by atoms with E-state index >= 15 is 0 Å². The molecule has 6 heteroatoms. The quantitative estimate of drug-likeness (QED) is 0.758. The maximum atomic E-state index is 10.1. The first-order valence-corrected chi connectivity index (χ1v) is 8.28. The highest BCUT2D eigenvalue weighted by Crippen LogP contribution is 2.26. The van der Waals surface area contributed by atoms with E-state index in [0.29, 0.717) is 6.54 Å². The maximum Gasteiger partial charge on any atom is 0.138 e. The van der Waals surface area contributed by atoms with Gasteiger partial charge in [-0.3, -0.25) is 0 Å². The van der Waals surface area contributed by atoms with Crippen LogP contribution in [0.25, 0.3) is 10.2 Å². The van der Waals surface area contributed by atoms with Crippen LogP contribution in [-0.4, -0.2) is 21.6 Å². The van der Waals surface area contributed by atoms with Crippen molar-refractivity contribution in [3.63, 3.8) is 0 Å². The lowest BCUT2D eigenvalue weighted by atomic mass is 10.2. The molecule has 4 nitrogen and oxygen atoms in total. The molecule has 0 aliphatic heterocycles. The minimum absolute atomic E-state index is 0.446. The summed E-state index contributed by atoms with van der Waals surface area (Å²) in [6.07, 6.45) is 0.283. The van der Waals surface area contributed by atoms with E-state index in [4.69, 9.17) is 0 Å². The number of hydrogen-bond donors (Lipinski definition) is 2. The number of thiophene rings is 2. The number of aliphatic hydroxyl groups is 1. The summed E-state index contributed by atoms with van der Waals surface area (Å²) in [5.74, 6) is 1.63. The molecule has 3 rings (SSSR count). The van der Waals surface area contributed by atoms with Crippen molar-refractivity contribution in [2.45, 2.75) is 19.4 Å². The fourth-order valence-corrected chi connectivity index (χ4v) is 3.46. The highest BCUT2D eigenvalue weighted by Gasteiger charge is 2.11. The van der Waals surface area contributed by atoms with Gasteiger partial charge in [0.15, 0.2) is 0 Å². The molecular weight excluding hydrogens is 290 g/mol. The van der Waals surface area contributed by atoms with Crippen LogP contribution in [-0.2, 0) is 6.42 Å². The Balaban J connectivity index is 1.81. The van der Waals surface area contributed by atoms with E-state index in [-0.39, 0.29) is 0 Å². The van der Waals surface area contributed by atoms with E-state index in [1.165, 1.54) is 0 Å². The van der Waals surface area contributed by atoms with Crippen molar-refractivity contribution in [3.05, 3.63) is 39.7 Å². The van der Waals surface area contributed by atoms with Crippen molar-refractivity contribution in [2.75, 3.05) is 11.9 Å². The van der Waals surface area contributed by atoms with Crippen LogP contribution in [0.15, 0.2) is 28.3 Å². The van der Waals surface area contributed by atoms with Gasteiger partial charge in [0.2, 0.25) is 0 Å². The molecule has 1 atom stereocenters. The zero-order valence-corrected chi connectivity index (χ0v) is 12.7. The molecule has 20 heavy (non-hydrogen) atoms. The van der Waals surface area contributed by atoms with Gasteiger partial charge in [0.25, 0.3) is 0 Å². The van der Waals surface area contributed by atoms with Crippen LogP contribution >= 0.6 is 22.7 Å². The highest BCUT2D eigenvalue weighted by molar-refractivity contribution is 7.16. The van der Waals surface area contributed by atoms with Gasteiger partial charge in [0.1, 0.15) is 16.5 Å². The largest absolute Gasteiger partial charge is 0.387 e. The van der Waals surface area contributed by atoms with Crippen LogP contribution in [0.5, 0.6) is 0 Å². The summed E-state index contributed by atoms with van der Waals surface area (Å²) in [6, 6.07) is 3.95. The smallest absolute Gasteiger partial charge is 0.138 e. The summed E-state index contributed by atoms with van der Waals surface area (Å²) < 4.78 is 0. The van der Waals surface area contributed by atoms with Crippen LogP contribution < -0.4 is 5.32 Å². The molecule has 0 saturated heterocycles. The van der Waals surface area contributed by atoms with Gasteiger partial charge in [-0.1, -0.05) is 6.92 Å². The van der Waals surface area contributed by atoms with E-state index in [1.54, 1.807) is 22.7 Å². The van der Waals surface area contributed by atoms with Crippen molar-refractivity contribution in [1.29, 1.82) is 0 Å². The number of hydrogen-bond acceptors (Lipinski definition) is 6. The number of aliphatic hydroxyl groups excluding tert-OH is 1. The van der Waals surface area contributed by atoms with Crippen molar-refractivity contribution in [3.8, 4) is 0 Å². The number of anilines is 1. The van der Waals surface area contributed by atoms with Crippen LogP contribution in [0.2, 0.25) is 0 Å². The first-order chi connectivity index (χ1) is 9.78. The Hall–Kier alpha value is -1.50. The number of aromatic nitrogens is 2. The second-order valence-electron chi connectivity index (χ2n) is 4.43. The van der Waals surface area contributed by atoms with Gasteiger partial charge in [0, 0.05) is 13.0 Å². The molecule has 3 aromatic heterocycles. The predicted molar refractivity (Wildman–Crippen MR) is 84.6 cm³/mol. The van der Waals surface area contributed by atoms with E-state index in [1.807, 2.05) is 35.2 Å². The van der Waals surface area contributed by atoms with E-state index < -0.39 is 6.10 Å². The third-order valence-corrected chi connectivity index (χ3v) is 4.59.